The van der Waals surface area contributed by atoms with Gasteiger partial charge in [0, 0.05) is 25.2 Å². The third kappa shape index (κ3) is 5.25. The number of methoxy groups -OCH3 is 1. The Bertz CT molecular complexity index is 905. The van der Waals surface area contributed by atoms with E-state index in [0.29, 0.717) is 36.6 Å². The maximum atomic E-state index is 13.3. The number of piperidine rings is 1. The fourth-order valence-electron chi connectivity index (χ4n) is 4.38. The van der Waals surface area contributed by atoms with Crippen LogP contribution in [0.15, 0.2) is 24.3 Å². The number of benzene rings is 1. The van der Waals surface area contributed by atoms with Gasteiger partial charge in [0.2, 0.25) is 11.8 Å². The first kappa shape index (κ1) is 23.4. The molecule has 1 aromatic carbocycles. The van der Waals surface area contributed by atoms with Crippen molar-refractivity contribution < 1.29 is 29.2 Å². The van der Waals surface area contributed by atoms with Gasteiger partial charge in [-0.2, -0.15) is 0 Å². The topological polar surface area (TPSA) is 125 Å². The van der Waals surface area contributed by atoms with Crippen LogP contribution in [0.3, 0.4) is 0 Å². The van der Waals surface area contributed by atoms with Gasteiger partial charge < -0.3 is 30.5 Å². The number of thioether (sulfide) groups is 1. The van der Waals surface area contributed by atoms with E-state index in [2.05, 4.69) is 10.6 Å². The van der Waals surface area contributed by atoms with Crippen molar-refractivity contribution in [3.63, 3.8) is 0 Å². The summed E-state index contributed by atoms with van der Waals surface area (Å²) in [5.41, 5.74) is 0.488. The molecule has 0 spiro atoms. The number of nitrogens with two attached hydrogens (primary N) is 1. The standard InChI is InChI=1S/C22H29N5O5S/c1-32-15-6-4-14(5-7-15)21(30)26-9-10-27(22(31)17-12-33-13-24-17)18(11-26)20(29)25-16-3-2-8-23-19(16)28/h4-7,16-18,24H,2-3,8-13H2,1H3,(H,23,28)(H,25,29)/p+1/t16-,17-,18+/m0/s1. The van der Waals surface area contributed by atoms with Gasteiger partial charge in [-0.05, 0) is 37.1 Å². The maximum absolute atomic E-state index is 13.3. The highest BCUT2D eigenvalue weighted by Gasteiger charge is 2.42. The number of quaternary nitrogens is 1. The molecule has 4 rings (SSSR count). The van der Waals surface area contributed by atoms with E-state index in [1.807, 2.05) is 5.32 Å². The summed E-state index contributed by atoms with van der Waals surface area (Å²) in [6, 6.07) is 5.10. The van der Waals surface area contributed by atoms with Gasteiger partial charge in [0.25, 0.3) is 11.8 Å². The first-order valence-corrected chi connectivity index (χ1v) is 12.4. The summed E-state index contributed by atoms with van der Waals surface area (Å²) < 4.78 is 5.15. The number of nitrogens with one attached hydrogen (secondary N) is 2. The third-order valence-electron chi connectivity index (χ3n) is 6.31. The number of carbonyl (C=O) groups is 4. The van der Waals surface area contributed by atoms with Crippen molar-refractivity contribution in [2.45, 2.75) is 31.0 Å². The molecule has 3 heterocycles. The van der Waals surface area contributed by atoms with Gasteiger partial charge in [-0.1, -0.05) is 11.8 Å². The van der Waals surface area contributed by atoms with Crippen molar-refractivity contribution in [3.8, 4) is 5.75 Å². The minimum atomic E-state index is -0.845. The Morgan fingerprint density at radius 3 is 2.67 bits per heavy atom. The van der Waals surface area contributed by atoms with Crippen molar-refractivity contribution in [2.75, 3.05) is 44.9 Å². The van der Waals surface area contributed by atoms with E-state index in [1.54, 1.807) is 52.9 Å². The van der Waals surface area contributed by atoms with Gasteiger partial charge in [0.1, 0.15) is 23.7 Å². The largest absolute Gasteiger partial charge is 0.497 e. The second-order valence-electron chi connectivity index (χ2n) is 8.40. The summed E-state index contributed by atoms with van der Waals surface area (Å²) in [4.78, 5) is 54.9. The van der Waals surface area contributed by atoms with Crippen LogP contribution in [-0.2, 0) is 14.4 Å². The van der Waals surface area contributed by atoms with Crippen molar-refractivity contribution in [1.82, 2.24) is 20.4 Å². The second kappa shape index (κ2) is 10.4. The Hall–Kier alpha value is -2.79. The van der Waals surface area contributed by atoms with E-state index < -0.39 is 18.0 Å². The zero-order valence-corrected chi connectivity index (χ0v) is 19.4. The van der Waals surface area contributed by atoms with Crippen molar-refractivity contribution in [3.05, 3.63) is 29.8 Å². The molecular weight excluding hydrogens is 446 g/mol. The first-order valence-electron chi connectivity index (χ1n) is 11.2. The Balaban J connectivity index is 1.51. The van der Waals surface area contributed by atoms with E-state index in [-0.39, 0.29) is 36.9 Å². The van der Waals surface area contributed by atoms with E-state index in [9.17, 15) is 19.2 Å². The van der Waals surface area contributed by atoms with Crippen LogP contribution in [0.2, 0.25) is 0 Å². The highest BCUT2D eigenvalue weighted by Crippen LogP contribution is 2.19. The molecular formula is C22H30N5O5S+. The lowest BCUT2D eigenvalue weighted by Crippen LogP contribution is -2.90. The number of carbonyl (C=O) groups excluding carboxylic acids is 4. The van der Waals surface area contributed by atoms with Gasteiger partial charge in [0.05, 0.1) is 19.4 Å². The molecule has 3 aliphatic rings. The molecule has 0 aliphatic carbocycles. The van der Waals surface area contributed by atoms with Crippen molar-refractivity contribution >= 4 is 35.4 Å². The number of rotatable bonds is 5. The van der Waals surface area contributed by atoms with Crippen LogP contribution in [0.4, 0.5) is 0 Å². The molecule has 0 bridgehead atoms. The van der Waals surface area contributed by atoms with E-state index in [4.69, 9.17) is 4.74 Å². The lowest BCUT2D eigenvalue weighted by Gasteiger charge is -2.41. The fourth-order valence-corrected chi connectivity index (χ4v) is 5.42. The molecule has 4 N–H and O–H groups in total. The molecule has 0 radical (unpaired) electrons. The van der Waals surface area contributed by atoms with Crippen LogP contribution in [0, 0.1) is 0 Å². The third-order valence-corrected chi connectivity index (χ3v) is 7.33. The van der Waals surface area contributed by atoms with Gasteiger partial charge in [-0.15, -0.1) is 0 Å². The Kier molecular flexibility index (Phi) is 7.39. The smallest absolute Gasteiger partial charge is 0.282 e. The van der Waals surface area contributed by atoms with Gasteiger partial charge in [-0.3, -0.25) is 19.2 Å². The summed E-state index contributed by atoms with van der Waals surface area (Å²) in [5.74, 6) is 1.24. The van der Waals surface area contributed by atoms with Crippen LogP contribution >= 0.6 is 11.8 Å². The summed E-state index contributed by atoms with van der Waals surface area (Å²) in [6.07, 6.45) is 1.33. The molecule has 3 saturated heterocycles. The Morgan fingerprint density at radius 2 is 2.00 bits per heavy atom. The van der Waals surface area contributed by atoms with Gasteiger partial charge in [-0.25, -0.2) is 0 Å². The Labute approximate surface area is 196 Å². The van der Waals surface area contributed by atoms with Crippen LogP contribution in [0.25, 0.3) is 0 Å². The normalized spacial score (nSPS) is 25.4. The number of hydrogen-bond donors (Lipinski definition) is 3. The van der Waals surface area contributed by atoms with E-state index in [1.165, 1.54) is 0 Å². The zero-order chi connectivity index (χ0) is 23.4. The highest BCUT2D eigenvalue weighted by molar-refractivity contribution is 7.99. The molecule has 0 unspecified atom stereocenters. The predicted molar refractivity (Wildman–Crippen MR) is 122 cm³/mol. The minimum absolute atomic E-state index is 0.0800. The fraction of sp³-hybridized carbons (Fsp3) is 0.545. The van der Waals surface area contributed by atoms with Crippen molar-refractivity contribution in [1.29, 1.82) is 0 Å². The lowest BCUT2D eigenvalue weighted by molar-refractivity contribution is -0.649. The average molecular weight is 477 g/mol. The monoisotopic (exact) mass is 476 g/mol. The summed E-state index contributed by atoms with van der Waals surface area (Å²) in [7, 11) is 1.56. The quantitative estimate of drug-likeness (QED) is 0.469. The Morgan fingerprint density at radius 1 is 1.21 bits per heavy atom. The maximum Gasteiger partial charge on any atom is 0.282 e. The molecule has 3 atom stereocenters. The molecule has 4 amide bonds. The van der Waals surface area contributed by atoms with E-state index >= 15 is 0 Å². The molecule has 178 valence electrons. The molecule has 33 heavy (non-hydrogen) atoms. The molecule has 10 nitrogen and oxygen atoms in total. The number of amides is 4. The molecule has 3 aliphatic heterocycles. The van der Waals surface area contributed by atoms with Crippen LogP contribution in [0.1, 0.15) is 23.2 Å². The first-order chi connectivity index (χ1) is 16.0. The second-order valence-corrected chi connectivity index (χ2v) is 9.48. The van der Waals surface area contributed by atoms with Crippen molar-refractivity contribution in [2.24, 2.45) is 0 Å². The average Bonchev–Trinajstić information content (AvgIpc) is 3.39. The van der Waals surface area contributed by atoms with Crippen LogP contribution < -0.4 is 20.7 Å². The molecule has 0 saturated carbocycles. The number of hydrogen-bond acceptors (Lipinski definition) is 6. The van der Waals surface area contributed by atoms with E-state index in [0.717, 1.165) is 12.3 Å². The zero-order valence-electron chi connectivity index (χ0n) is 18.6. The number of piperazine rings is 1. The molecule has 11 heteroatoms. The molecule has 1 aromatic rings. The van der Waals surface area contributed by atoms with Crippen LogP contribution in [-0.4, -0.2) is 96.5 Å². The summed E-state index contributed by atoms with van der Waals surface area (Å²) in [5, 5.41) is 7.55. The molecule has 0 aromatic heterocycles. The SMILES string of the molecule is COc1ccc(C(=O)N2CCN(C(=O)[C@@H]3CSC[NH2+]3)[C@@H](C(=O)N[C@H]3CCCNC3=O)C2)cc1. The highest BCUT2D eigenvalue weighted by atomic mass is 32.2. The van der Waals surface area contributed by atoms with Gasteiger partial charge in [0.15, 0.2) is 6.04 Å². The number of nitrogens with zero attached hydrogens (tertiary/aromatic N) is 2. The molecule has 3 fully saturated rings. The van der Waals surface area contributed by atoms with Gasteiger partial charge >= 0.3 is 0 Å². The predicted octanol–water partition coefficient (Wildman–Crippen LogP) is -1.62. The summed E-state index contributed by atoms with van der Waals surface area (Å²) in [6.45, 7) is 1.28. The minimum Gasteiger partial charge on any atom is -0.497 e. The van der Waals surface area contributed by atoms with Crippen LogP contribution in [0.5, 0.6) is 5.75 Å². The lowest BCUT2D eigenvalue weighted by atomic mass is 10.0. The summed E-state index contributed by atoms with van der Waals surface area (Å²) >= 11 is 1.69. The number of ether oxygens (including phenoxy) is 1.